The fourth-order valence-corrected chi connectivity index (χ4v) is 3.61. The number of amides is 1. The highest BCUT2D eigenvalue weighted by atomic mass is 16.5. The van der Waals surface area contributed by atoms with Crippen LogP contribution in [-0.4, -0.2) is 18.2 Å². The molecule has 3 rings (SSSR count). The van der Waals surface area contributed by atoms with Crippen molar-refractivity contribution >= 4 is 6.09 Å². The number of carbonyl (C=O) groups is 1. The molecule has 1 aliphatic rings. The molecule has 0 bridgehead atoms. The number of ether oxygens (including phenoxy) is 1. The Labute approximate surface area is 155 Å². The van der Waals surface area contributed by atoms with Crippen LogP contribution in [-0.2, 0) is 4.74 Å². The van der Waals surface area contributed by atoms with Crippen LogP contribution in [0.1, 0.15) is 50.2 Å². The first-order chi connectivity index (χ1) is 12.5. The van der Waals surface area contributed by atoms with Gasteiger partial charge in [0, 0.05) is 17.9 Å². The molecule has 0 spiro atoms. The molecule has 0 saturated heterocycles. The molecule has 0 unspecified atom stereocenters. The maximum Gasteiger partial charge on any atom is 0.407 e. The fraction of sp³-hybridized carbons (Fsp3) is 0.348. The molecule has 0 saturated carbocycles. The third kappa shape index (κ3) is 3.91. The molecule has 0 aliphatic heterocycles. The van der Waals surface area contributed by atoms with Gasteiger partial charge in [0.2, 0.25) is 0 Å². The lowest BCUT2D eigenvalue weighted by Gasteiger charge is -2.26. The van der Waals surface area contributed by atoms with Gasteiger partial charge in [0.1, 0.15) is 6.61 Å². The van der Waals surface area contributed by atoms with Crippen LogP contribution in [0.2, 0.25) is 0 Å². The van der Waals surface area contributed by atoms with Crippen LogP contribution in [0.4, 0.5) is 4.79 Å². The standard InChI is InChI=1S/C23H25NO2/c1-4-5-10-15-23(2,3)24-22(25)26-16-21-19-13-8-6-11-17(19)18-12-7-9-14-20(18)21/h1,6-9,11-14,21H,5,10,15-16H2,2-3H3,(H,24,25). The van der Waals surface area contributed by atoms with Crippen molar-refractivity contribution in [2.45, 2.75) is 44.6 Å². The van der Waals surface area contributed by atoms with Crippen LogP contribution in [0, 0.1) is 12.3 Å². The Morgan fingerprint density at radius 3 is 2.27 bits per heavy atom. The minimum Gasteiger partial charge on any atom is -0.449 e. The molecule has 1 N–H and O–H groups in total. The molecule has 134 valence electrons. The summed E-state index contributed by atoms with van der Waals surface area (Å²) in [6.45, 7) is 4.32. The van der Waals surface area contributed by atoms with Gasteiger partial charge in [-0.3, -0.25) is 0 Å². The lowest BCUT2D eigenvalue weighted by Crippen LogP contribution is -2.43. The van der Waals surface area contributed by atoms with Crippen molar-refractivity contribution in [1.29, 1.82) is 0 Å². The van der Waals surface area contributed by atoms with E-state index in [1.165, 1.54) is 22.3 Å². The molecule has 1 aliphatic carbocycles. The molecule has 0 fully saturated rings. The fourth-order valence-electron chi connectivity index (χ4n) is 3.61. The summed E-state index contributed by atoms with van der Waals surface area (Å²) >= 11 is 0. The number of benzene rings is 2. The van der Waals surface area contributed by atoms with Gasteiger partial charge in [-0.15, -0.1) is 12.3 Å². The van der Waals surface area contributed by atoms with Gasteiger partial charge in [0.05, 0.1) is 0 Å². The monoisotopic (exact) mass is 347 g/mol. The lowest BCUT2D eigenvalue weighted by molar-refractivity contribution is 0.131. The van der Waals surface area contributed by atoms with Crippen molar-refractivity contribution in [1.82, 2.24) is 5.32 Å². The first kappa shape index (κ1) is 18.1. The summed E-state index contributed by atoms with van der Waals surface area (Å²) in [4.78, 5) is 12.3. The van der Waals surface area contributed by atoms with E-state index in [1.807, 2.05) is 38.1 Å². The number of nitrogens with one attached hydrogen (secondary N) is 1. The average molecular weight is 347 g/mol. The highest BCUT2D eigenvalue weighted by molar-refractivity contribution is 5.79. The van der Waals surface area contributed by atoms with E-state index in [2.05, 4.69) is 35.5 Å². The van der Waals surface area contributed by atoms with E-state index in [0.717, 1.165) is 19.3 Å². The predicted molar refractivity (Wildman–Crippen MR) is 105 cm³/mol. The third-order valence-corrected chi connectivity index (χ3v) is 4.91. The number of alkyl carbamates (subject to hydrolysis) is 1. The van der Waals surface area contributed by atoms with E-state index >= 15 is 0 Å². The minimum atomic E-state index is -0.377. The van der Waals surface area contributed by atoms with Crippen LogP contribution < -0.4 is 5.32 Å². The van der Waals surface area contributed by atoms with Crippen LogP contribution in [0.5, 0.6) is 0 Å². The van der Waals surface area contributed by atoms with Crippen molar-refractivity contribution in [2.75, 3.05) is 6.61 Å². The van der Waals surface area contributed by atoms with E-state index in [-0.39, 0.29) is 17.6 Å². The summed E-state index contributed by atoms with van der Waals surface area (Å²) < 4.78 is 5.59. The van der Waals surface area contributed by atoms with Crippen molar-refractivity contribution in [3.63, 3.8) is 0 Å². The second kappa shape index (κ2) is 7.66. The number of hydrogen-bond donors (Lipinski definition) is 1. The SMILES string of the molecule is C#CCCCC(C)(C)NC(=O)OCC1c2ccccc2-c2ccccc21. The van der Waals surface area contributed by atoms with E-state index in [4.69, 9.17) is 11.2 Å². The smallest absolute Gasteiger partial charge is 0.407 e. The molecule has 0 radical (unpaired) electrons. The first-order valence-corrected chi connectivity index (χ1v) is 9.08. The maximum atomic E-state index is 12.3. The minimum absolute atomic E-state index is 0.0812. The zero-order valence-corrected chi connectivity index (χ0v) is 15.4. The van der Waals surface area contributed by atoms with E-state index in [9.17, 15) is 4.79 Å². The van der Waals surface area contributed by atoms with Crippen molar-refractivity contribution < 1.29 is 9.53 Å². The molecule has 0 atom stereocenters. The highest BCUT2D eigenvalue weighted by Gasteiger charge is 2.29. The van der Waals surface area contributed by atoms with Gasteiger partial charge in [-0.1, -0.05) is 48.5 Å². The van der Waals surface area contributed by atoms with Gasteiger partial charge < -0.3 is 10.1 Å². The quantitative estimate of drug-likeness (QED) is 0.583. The van der Waals surface area contributed by atoms with Gasteiger partial charge >= 0.3 is 6.09 Å². The number of carbonyl (C=O) groups excluding carboxylic acids is 1. The summed E-state index contributed by atoms with van der Waals surface area (Å²) in [5, 5.41) is 2.96. The molecule has 2 aromatic rings. The average Bonchev–Trinajstić information content (AvgIpc) is 2.94. The first-order valence-electron chi connectivity index (χ1n) is 9.08. The molecule has 26 heavy (non-hydrogen) atoms. The zero-order chi connectivity index (χ0) is 18.6. The molecule has 1 amide bonds. The topological polar surface area (TPSA) is 38.3 Å². The lowest BCUT2D eigenvalue weighted by atomic mass is 9.97. The van der Waals surface area contributed by atoms with Gasteiger partial charge in [-0.25, -0.2) is 4.79 Å². The maximum absolute atomic E-state index is 12.3. The molecule has 0 aromatic heterocycles. The number of unbranched alkanes of at least 4 members (excludes halogenated alkanes) is 1. The van der Waals surface area contributed by atoms with Gasteiger partial charge in [-0.2, -0.15) is 0 Å². The molecule has 3 heteroatoms. The zero-order valence-electron chi connectivity index (χ0n) is 15.4. The Kier molecular flexibility index (Phi) is 5.32. The Bertz CT molecular complexity index is 787. The van der Waals surface area contributed by atoms with Crippen molar-refractivity contribution in [3.05, 3.63) is 59.7 Å². The van der Waals surface area contributed by atoms with Crippen LogP contribution in [0.15, 0.2) is 48.5 Å². The molecular weight excluding hydrogens is 322 g/mol. The van der Waals surface area contributed by atoms with Crippen LogP contribution in [0.25, 0.3) is 11.1 Å². The van der Waals surface area contributed by atoms with Crippen LogP contribution >= 0.6 is 0 Å². The summed E-state index contributed by atoms with van der Waals surface area (Å²) in [7, 11) is 0. The van der Waals surface area contributed by atoms with Crippen LogP contribution in [0.3, 0.4) is 0 Å². The summed E-state index contributed by atoms with van der Waals surface area (Å²) in [5.41, 5.74) is 4.56. The van der Waals surface area contributed by atoms with E-state index in [0.29, 0.717) is 6.61 Å². The summed E-state index contributed by atoms with van der Waals surface area (Å²) in [6, 6.07) is 16.6. The Morgan fingerprint density at radius 2 is 1.69 bits per heavy atom. The molecular formula is C23H25NO2. The molecule has 2 aromatic carbocycles. The molecule has 0 heterocycles. The summed E-state index contributed by atoms with van der Waals surface area (Å²) in [6.07, 6.45) is 7.34. The highest BCUT2D eigenvalue weighted by Crippen LogP contribution is 2.44. The van der Waals surface area contributed by atoms with E-state index < -0.39 is 0 Å². The molecule has 3 nitrogen and oxygen atoms in total. The number of rotatable bonds is 6. The second-order valence-corrected chi connectivity index (χ2v) is 7.39. The summed E-state index contributed by atoms with van der Waals surface area (Å²) in [5.74, 6) is 2.71. The van der Waals surface area contributed by atoms with Gasteiger partial charge in [-0.05, 0) is 48.9 Å². The van der Waals surface area contributed by atoms with Gasteiger partial charge in [0.15, 0.2) is 0 Å². The largest absolute Gasteiger partial charge is 0.449 e. The Morgan fingerprint density at radius 1 is 1.12 bits per heavy atom. The third-order valence-electron chi connectivity index (χ3n) is 4.91. The normalized spacial score (nSPS) is 12.8. The number of hydrogen-bond acceptors (Lipinski definition) is 2. The van der Waals surface area contributed by atoms with Gasteiger partial charge in [0.25, 0.3) is 0 Å². The predicted octanol–water partition coefficient (Wildman–Crippen LogP) is 5.11. The van der Waals surface area contributed by atoms with Crippen molar-refractivity contribution in [3.8, 4) is 23.5 Å². The Balaban J connectivity index is 1.65. The number of fused-ring (bicyclic) bond motifs is 3. The van der Waals surface area contributed by atoms with E-state index in [1.54, 1.807) is 0 Å². The number of terminal acetylenes is 1. The Hall–Kier alpha value is -2.73. The second-order valence-electron chi connectivity index (χ2n) is 7.39. The van der Waals surface area contributed by atoms with Crippen molar-refractivity contribution in [2.24, 2.45) is 0 Å².